The predicted octanol–water partition coefficient (Wildman–Crippen LogP) is 3.98. The molecule has 0 aromatic carbocycles. The van der Waals surface area contributed by atoms with Gasteiger partial charge in [0.2, 0.25) is 0 Å². The summed E-state index contributed by atoms with van der Waals surface area (Å²) in [6, 6.07) is 1.48. The number of hydrogen-bond donors (Lipinski definition) is 1. The lowest BCUT2D eigenvalue weighted by molar-refractivity contribution is 0.368. The van der Waals surface area contributed by atoms with E-state index in [9.17, 15) is 0 Å². The number of hydrogen-bond acceptors (Lipinski definition) is 1. The molecule has 1 aliphatic carbocycles. The van der Waals surface area contributed by atoms with Crippen LogP contribution in [0.15, 0.2) is 0 Å². The number of rotatable bonds is 8. The van der Waals surface area contributed by atoms with Crippen molar-refractivity contribution in [3.63, 3.8) is 0 Å². The van der Waals surface area contributed by atoms with Gasteiger partial charge in [0.05, 0.1) is 0 Å². The van der Waals surface area contributed by atoms with Gasteiger partial charge in [-0.2, -0.15) is 0 Å². The average molecular weight is 211 g/mol. The molecule has 0 saturated heterocycles. The van der Waals surface area contributed by atoms with Crippen LogP contribution >= 0.6 is 0 Å². The Bertz CT molecular complexity index is 161. The Morgan fingerprint density at radius 1 is 1.13 bits per heavy atom. The summed E-state index contributed by atoms with van der Waals surface area (Å²) in [5.74, 6) is 1.90. The Labute approximate surface area is 96.0 Å². The van der Waals surface area contributed by atoms with E-state index >= 15 is 0 Å². The highest BCUT2D eigenvalue weighted by molar-refractivity contribution is 4.81. The molecule has 15 heavy (non-hydrogen) atoms. The fraction of sp³-hybridized carbons (Fsp3) is 1.00. The lowest BCUT2D eigenvalue weighted by Crippen LogP contribution is -2.36. The molecular weight excluding hydrogens is 182 g/mol. The van der Waals surface area contributed by atoms with Crippen LogP contribution in [0, 0.1) is 11.8 Å². The topological polar surface area (TPSA) is 12.0 Å². The van der Waals surface area contributed by atoms with Gasteiger partial charge in [-0.15, -0.1) is 0 Å². The van der Waals surface area contributed by atoms with Crippen molar-refractivity contribution in [2.45, 2.75) is 78.3 Å². The minimum atomic E-state index is 0.705. The standard InChI is InChI=1S/C14H29N/c1-5-14(10-13-8-9-13)15-12(4)7-6-11(2)3/h11-15H,5-10H2,1-4H3. The van der Waals surface area contributed by atoms with Crippen LogP contribution in [0.1, 0.15) is 66.2 Å². The Morgan fingerprint density at radius 3 is 2.27 bits per heavy atom. The van der Waals surface area contributed by atoms with Gasteiger partial charge >= 0.3 is 0 Å². The predicted molar refractivity (Wildman–Crippen MR) is 68.1 cm³/mol. The highest BCUT2D eigenvalue weighted by atomic mass is 14.9. The van der Waals surface area contributed by atoms with Crippen LogP contribution in [-0.4, -0.2) is 12.1 Å². The summed E-state index contributed by atoms with van der Waals surface area (Å²) in [5, 5.41) is 3.79. The summed E-state index contributed by atoms with van der Waals surface area (Å²) >= 11 is 0. The molecule has 0 aromatic heterocycles. The first-order valence-electron chi connectivity index (χ1n) is 6.87. The van der Waals surface area contributed by atoms with Crippen LogP contribution in [0.2, 0.25) is 0 Å². The Morgan fingerprint density at radius 2 is 1.80 bits per heavy atom. The molecular formula is C14H29N. The van der Waals surface area contributed by atoms with Crippen LogP contribution < -0.4 is 5.32 Å². The fourth-order valence-electron chi connectivity index (χ4n) is 2.18. The van der Waals surface area contributed by atoms with E-state index in [1.54, 1.807) is 0 Å². The molecule has 0 aliphatic heterocycles. The molecule has 1 saturated carbocycles. The summed E-state index contributed by atoms with van der Waals surface area (Å²) in [6.45, 7) is 9.29. The summed E-state index contributed by atoms with van der Waals surface area (Å²) < 4.78 is 0. The maximum atomic E-state index is 3.79. The van der Waals surface area contributed by atoms with Crippen LogP contribution in [0.5, 0.6) is 0 Å². The third-order valence-electron chi connectivity index (χ3n) is 3.50. The second kappa shape index (κ2) is 6.52. The van der Waals surface area contributed by atoms with E-state index in [4.69, 9.17) is 0 Å². The molecule has 0 heterocycles. The van der Waals surface area contributed by atoms with Crippen LogP contribution in [-0.2, 0) is 0 Å². The molecule has 1 rings (SSSR count). The molecule has 0 aromatic rings. The molecule has 1 aliphatic rings. The van der Waals surface area contributed by atoms with Gasteiger partial charge in [0.25, 0.3) is 0 Å². The van der Waals surface area contributed by atoms with E-state index in [2.05, 4.69) is 33.0 Å². The van der Waals surface area contributed by atoms with Crippen molar-refractivity contribution < 1.29 is 0 Å². The SMILES string of the molecule is CCC(CC1CC1)NC(C)CCC(C)C. The second-order valence-electron chi connectivity index (χ2n) is 5.82. The molecule has 0 spiro atoms. The van der Waals surface area contributed by atoms with Gasteiger partial charge in [0.1, 0.15) is 0 Å². The Balaban J connectivity index is 2.11. The first-order chi connectivity index (χ1) is 7.11. The van der Waals surface area contributed by atoms with Crippen molar-refractivity contribution in [3.05, 3.63) is 0 Å². The van der Waals surface area contributed by atoms with Crippen molar-refractivity contribution in [1.29, 1.82) is 0 Å². The summed E-state index contributed by atoms with van der Waals surface area (Å²) in [5.41, 5.74) is 0. The second-order valence-corrected chi connectivity index (χ2v) is 5.82. The fourth-order valence-corrected chi connectivity index (χ4v) is 2.18. The highest BCUT2D eigenvalue weighted by Gasteiger charge is 2.25. The van der Waals surface area contributed by atoms with Crippen molar-refractivity contribution in [2.75, 3.05) is 0 Å². The van der Waals surface area contributed by atoms with Gasteiger partial charge in [-0.3, -0.25) is 0 Å². The minimum absolute atomic E-state index is 0.705. The van der Waals surface area contributed by atoms with E-state index in [0.717, 1.165) is 17.9 Å². The monoisotopic (exact) mass is 211 g/mol. The maximum absolute atomic E-state index is 3.79. The molecule has 0 amide bonds. The molecule has 0 bridgehead atoms. The van der Waals surface area contributed by atoms with Gasteiger partial charge in [0.15, 0.2) is 0 Å². The normalized spacial score (nSPS) is 20.6. The van der Waals surface area contributed by atoms with Crippen LogP contribution in [0.3, 0.4) is 0 Å². The summed E-state index contributed by atoms with van der Waals surface area (Å²) in [6.07, 6.45) is 8.37. The largest absolute Gasteiger partial charge is 0.312 e. The van der Waals surface area contributed by atoms with Gasteiger partial charge in [-0.25, -0.2) is 0 Å². The van der Waals surface area contributed by atoms with Crippen molar-refractivity contribution in [2.24, 2.45) is 11.8 Å². The molecule has 2 unspecified atom stereocenters. The van der Waals surface area contributed by atoms with Gasteiger partial charge in [-0.05, 0) is 44.4 Å². The minimum Gasteiger partial charge on any atom is -0.312 e. The summed E-state index contributed by atoms with van der Waals surface area (Å²) in [7, 11) is 0. The van der Waals surface area contributed by atoms with Gasteiger partial charge in [0, 0.05) is 12.1 Å². The molecule has 2 atom stereocenters. The highest BCUT2D eigenvalue weighted by Crippen LogP contribution is 2.34. The summed E-state index contributed by atoms with van der Waals surface area (Å²) in [4.78, 5) is 0. The van der Waals surface area contributed by atoms with Gasteiger partial charge < -0.3 is 5.32 Å². The Kier molecular flexibility index (Phi) is 5.66. The van der Waals surface area contributed by atoms with E-state index in [0.29, 0.717) is 6.04 Å². The van der Waals surface area contributed by atoms with E-state index in [-0.39, 0.29) is 0 Å². The zero-order chi connectivity index (χ0) is 11.3. The van der Waals surface area contributed by atoms with Crippen LogP contribution in [0.4, 0.5) is 0 Å². The van der Waals surface area contributed by atoms with Crippen LogP contribution in [0.25, 0.3) is 0 Å². The van der Waals surface area contributed by atoms with E-state index in [1.807, 2.05) is 0 Å². The third kappa shape index (κ3) is 6.19. The molecule has 1 N–H and O–H groups in total. The zero-order valence-corrected chi connectivity index (χ0v) is 11.1. The van der Waals surface area contributed by atoms with Crippen molar-refractivity contribution in [1.82, 2.24) is 5.32 Å². The van der Waals surface area contributed by atoms with E-state index in [1.165, 1.54) is 38.5 Å². The molecule has 1 nitrogen and oxygen atoms in total. The Hall–Kier alpha value is -0.0400. The first kappa shape index (κ1) is 13.0. The maximum Gasteiger partial charge on any atom is 0.00695 e. The lowest BCUT2D eigenvalue weighted by Gasteiger charge is -2.22. The van der Waals surface area contributed by atoms with Gasteiger partial charge in [-0.1, -0.05) is 33.6 Å². The molecule has 90 valence electrons. The smallest absolute Gasteiger partial charge is 0.00695 e. The zero-order valence-electron chi connectivity index (χ0n) is 11.1. The average Bonchev–Trinajstić information content (AvgIpc) is 2.97. The lowest BCUT2D eigenvalue weighted by atomic mass is 10.0. The molecule has 1 fully saturated rings. The third-order valence-corrected chi connectivity index (χ3v) is 3.50. The van der Waals surface area contributed by atoms with Crippen molar-refractivity contribution in [3.8, 4) is 0 Å². The number of nitrogens with one attached hydrogen (secondary N) is 1. The molecule has 1 heteroatoms. The first-order valence-corrected chi connectivity index (χ1v) is 6.87. The van der Waals surface area contributed by atoms with Crippen molar-refractivity contribution >= 4 is 0 Å². The quantitative estimate of drug-likeness (QED) is 0.640. The molecule has 0 radical (unpaired) electrons. The van der Waals surface area contributed by atoms with E-state index < -0.39 is 0 Å².